The second kappa shape index (κ2) is 14.8. The predicted molar refractivity (Wildman–Crippen MR) is 185 cm³/mol. The molecule has 0 bridgehead atoms. The van der Waals surface area contributed by atoms with Gasteiger partial charge in [0.2, 0.25) is 11.8 Å². The molecule has 8 nitrogen and oxygen atoms in total. The molecule has 2 fully saturated rings. The van der Waals surface area contributed by atoms with Gasteiger partial charge >= 0.3 is 5.97 Å². The number of anilines is 2. The smallest absolute Gasteiger partial charge is 0.305 e. The lowest BCUT2D eigenvalue weighted by Gasteiger charge is -2.35. The average Bonchev–Trinajstić information content (AvgIpc) is 3.93. The highest BCUT2D eigenvalue weighted by molar-refractivity contribution is 5.97. The fourth-order valence-electron chi connectivity index (χ4n) is 6.33. The van der Waals surface area contributed by atoms with Crippen LogP contribution >= 0.6 is 0 Å². The molecule has 2 amide bonds. The number of hydrogen-bond donors (Lipinski definition) is 2. The third kappa shape index (κ3) is 8.27. The van der Waals surface area contributed by atoms with Gasteiger partial charge in [-0.3, -0.25) is 14.4 Å². The number of carboxylic acids is 1. The molecule has 1 heterocycles. The van der Waals surface area contributed by atoms with Crippen molar-refractivity contribution in [1.82, 2.24) is 9.80 Å². The lowest BCUT2D eigenvalue weighted by Crippen LogP contribution is -2.44. The van der Waals surface area contributed by atoms with Crippen LogP contribution in [0.1, 0.15) is 42.0 Å². The highest BCUT2D eigenvalue weighted by Crippen LogP contribution is 2.37. The molecule has 2 aliphatic rings. The molecule has 0 aromatic heterocycles. The zero-order chi connectivity index (χ0) is 33.6. The Labute approximate surface area is 280 Å². The summed E-state index contributed by atoms with van der Waals surface area (Å²) in [4.78, 5) is 45.1. The Morgan fingerprint density at radius 1 is 0.854 bits per heavy atom. The van der Waals surface area contributed by atoms with Gasteiger partial charge in [0.1, 0.15) is 5.82 Å². The molecule has 1 saturated carbocycles. The number of halogens is 1. The van der Waals surface area contributed by atoms with Crippen molar-refractivity contribution in [2.75, 3.05) is 43.4 Å². The first-order valence-corrected chi connectivity index (χ1v) is 16.5. The number of carboxylic acid groups (broad SMARTS) is 1. The molecule has 0 spiro atoms. The van der Waals surface area contributed by atoms with Crippen molar-refractivity contribution in [3.63, 3.8) is 0 Å². The topological polar surface area (TPSA) is 93.2 Å². The first-order valence-electron chi connectivity index (χ1n) is 16.5. The van der Waals surface area contributed by atoms with Crippen LogP contribution in [0.3, 0.4) is 0 Å². The summed E-state index contributed by atoms with van der Waals surface area (Å²) in [6, 6.07) is 28.6. The quantitative estimate of drug-likeness (QED) is 0.185. The van der Waals surface area contributed by atoms with Crippen LogP contribution in [0.2, 0.25) is 0 Å². The molecule has 248 valence electrons. The lowest BCUT2D eigenvalue weighted by atomic mass is 9.98. The third-order valence-corrected chi connectivity index (χ3v) is 9.14. The predicted octanol–water partition coefficient (Wildman–Crippen LogP) is 6.38. The first kappa shape index (κ1) is 32.9. The van der Waals surface area contributed by atoms with Crippen molar-refractivity contribution in [1.29, 1.82) is 0 Å². The normalized spacial score (nSPS) is 15.5. The number of rotatable bonds is 12. The molecular formula is C39H41FN4O4. The van der Waals surface area contributed by atoms with E-state index in [2.05, 4.69) is 34.3 Å². The van der Waals surface area contributed by atoms with Gasteiger partial charge < -0.3 is 25.1 Å². The van der Waals surface area contributed by atoms with Crippen LogP contribution in [0.15, 0.2) is 97.1 Å². The van der Waals surface area contributed by atoms with Gasteiger partial charge in [-0.2, -0.15) is 0 Å². The van der Waals surface area contributed by atoms with Gasteiger partial charge in [0.15, 0.2) is 0 Å². The SMILES string of the molecule is CN1CCN(c2ccc(-c3cccc(CN(C(=O)C4CC4)C(CC(=O)O)c4ccc(F)cc4)c3)cc2NC(=O)Cc2ccccc2)CC1. The zero-order valence-electron chi connectivity index (χ0n) is 27.1. The van der Waals surface area contributed by atoms with Crippen LogP contribution in [0.4, 0.5) is 15.8 Å². The molecule has 4 aromatic carbocycles. The largest absolute Gasteiger partial charge is 0.481 e. The van der Waals surface area contributed by atoms with E-state index in [1.165, 1.54) is 12.1 Å². The van der Waals surface area contributed by atoms with Crippen molar-refractivity contribution < 1.29 is 23.9 Å². The lowest BCUT2D eigenvalue weighted by molar-refractivity contribution is -0.142. The van der Waals surface area contributed by atoms with Crippen molar-refractivity contribution in [2.24, 2.45) is 5.92 Å². The summed E-state index contributed by atoms with van der Waals surface area (Å²) in [5.41, 5.74) is 5.90. The highest BCUT2D eigenvalue weighted by Gasteiger charge is 2.37. The fraction of sp³-hybridized carbons (Fsp3) is 0.308. The van der Waals surface area contributed by atoms with E-state index < -0.39 is 17.8 Å². The number of piperazine rings is 1. The maximum absolute atomic E-state index is 13.8. The molecule has 1 aliphatic heterocycles. The van der Waals surface area contributed by atoms with E-state index in [-0.39, 0.29) is 37.1 Å². The van der Waals surface area contributed by atoms with E-state index in [4.69, 9.17) is 0 Å². The Morgan fingerprint density at radius 2 is 1.54 bits per heavy atom. The van der Waals surface area contributed by atoms with Crippen LogP contribution in [0.5, 0.6) is 0 Å². The summed E-state index contributed by atoms with van der Waals surface area (Å²) in [7, 11) is 2.11. The summed E-state index contributed by atoms with van der Waals surface area (Å²) < 4.78 is 13.8. The standard InChI is InChI=1S/C39H41FN4O4/c1-42-18-20-43(21-19-42)35-17-14-32(24-34(35)41-37(45)23-27-6-3-2-4-7-27)31-9-5-8-28(22-31)26-44(39(48)30-10-11-30)36(25-38(46)47)29-12-15-33(40)16-13-29/h2-9,12-17,22,24,30,36H,10-11,18-21,23,25-26H2,1H3,(H,41,45)(H,46,47). The Hall–Kier alpha value is -5.02. The maximum atomic E-state index is 13.8. The van der Waals surface area contributed by atoms with Crippen LogP contribution < -0.4 is 10.2 Å². The van der Waals surface area contributed by atoms with E-state index in [0.717, 1.165) is 72.6 Å². The molecule has 1 aliphatic carbocycles. The van der Waals surface area contributed by atoms with E-state index in [9.17, 15) is 23.9 Å². The fourth-order valence-corrected chi connectivity index (χ4v) is 6.33. The summed E-state index contributed by atoms with van der Waals surface area (Å²) >= 11 is 0. The minimum absolute atomic E-state index is 0.0871. The number of nitrogens with one attached hydrogen (secondary N) is 1. The molecule has 48 heavy (non-hydrogen) atoms. The van der Waals surface area contributed by atoms with Crippen LogP contribution in [-0.4, -0.2) is 65.9 Å². The van der Waals surface area contributed by atoms with E-state index in [1.807, 2.05) is 60.7 Å². The van der Waals surface area contributed by atoms with Gasteiger partial charge in [0, 0.05) is 38.6 Å². The van der Waals surface area contributed by atoms with E-state index in [1.54, 1.807) is 17.0 Å². The number of amides is 2. The highest BCUT2D eigenvalue weighted by atomic mass is 19.1. The van der Waals surface area contributed by atoms with E-state index >= 15 is 0 Å². The average molecular weight is 649 g/mol. The van der Waals surface area contributed by atoms with Gasteiger partial charge in [-0.05, 0) is 78.0 Å². The number of hydrogen-bond acceptors (Lipinski definition) is 5. The van der Waals surface area contributed by atoms with Crippen molar-refractivity contribution >= 4 is 29.2 Å². The summed E-state index contributed by atoms with van der Waals surface area (Å²) in [5, 5.41) is 13.0. The Morgan fingerprint density at radius 3 is 2.23 bits per heavy atom. The van der Waals surface area contributed by atoms with Crippen molar-refractivity contribution in [2.45, 2.75) is 38.3 Å². The van der Waals surface area contributed by atoms with E-state index in [0.29, 0.717) is 5.56 Å². The monoisotopic (exact) mass is 648 g/mol. The molecule has 2 N–H and O–H groups in total. The second-order valence-corrected chi connectivity index (χ2v) is 12.8. The molecule has 1 unspecified atom stereocenters. The Kier molecular flexibility index (Phi) is 10.2. The van der Waals surface area contributed by atoms with Gasteiger partial charge in [0.25, 0.3) is 0 Å². The number of likely N-dealkylation sites (N-methyl/N-ethyl adjacent to an activating group) is 1. The molecule has 4 aromatic rings. The number of benzene rings is 4. The number of carbonyl (C=O) groups is 3. The Bertz CT molecular complexity index is 1750. The number of nitrogens with zero attached hydrogens (tertiary/aromatic N) is 3. The number of aliphatic carboxylic acids is 1. The van der Waals surface area contributed by atoms with Crippen LogP contribution in [0.25, 0.3) is 11.1 Å². The summed E-state index contributed by atoms with van der Waals surface area (Å²) in [5.74, 6) is -1.77. The first-order chi connectivity index (χ1) is 23.2. The van der Waals surface area contributed by atoms with Crippen molar-refractivity contribution in [3.8, 4) is 11.1 Å². The van der Waals surface area contributed by atoms with Gasteiger partial charge in [-0.15, -0.1) is 0 Å². The molecule has 1 atom stereocenters. The third-order valence-electron chi connectivity index (χ3n) is 9.14. The summed E-state index contributed by atoms with van der Waals surface area (Å²) in [6.07, 6.45) is 1.52. The number of carbonyl (C=O) groups excluding carboxylic acids is 2. The van der Waals surface area contributed by atoms with Crippen molar-refractivity contribution in [3.05, 3.63) is 120 Å². The van der Waals surface area contributed by atoms with Crippen LogP contribution in [0, 0.1) is 11.7 Å². The minimum Gasteiger partial charge on any atom is -0.481 e. The molecule has 9 heteroatoms. The molecule has 1 saturated heterocycles. The second-order valence-electron chi connectivity index (χ2n) is 12.8. The van der Waals surface area contributed by atoms with Gasteiger partial charge in [-0.1, -0.05) is 66.7 Å². The molecule has 0 radical (unpaired) electrons. The maximum Gasteiger partial charge on any atom is 0.305 e. The van der Waals surface area contributed by atoms with Gasteiger partial charge in [-0.25, -0.2) is 4.39 Å². The summed E-state index contributed by atoms with van der Waals surface area (Å²) in [6.45, 7) is 3.77. The Balaban J connectivity index is 1.30. The minimum atomic E-state index is -1.03. The van der Waals surface area contributed by atoms with Gasteiger partial charge in [0.05, 0.1) is 30.3 Å². The molecule has 6 rings (SSSR count). The molecular weight excluding hydrogens is 607 g/mol. The zero-order valence-corrected chi connectivity index (χ0v) is 27.1. The van der Waals surface area contributed by atoms with Crippen LogP contribution in [-0.2, 0) is 27.3 Å².